The highest BCUT2D eigenvalue weighted by molar-refractivity contribution is 6.30. The van der Waals surface area contributed by atoms with Crippen LogP contribution in [0.3, 0.4) is 0 Å². The number of hydrazone groups is 1. The highest BCUT2D eigenvalue weighted by Gasteiger charge is 2.10. The van der Waals surface area contributed by atoms with Gasteiger partial charge in [-0.25, -0.2) is 5.43 Å². The number of nitrogens with one attached hydrogen (secondary N) is 2. The molecule has 0 aliphatic heterocycles. The van der Waals surface area contributed by atoms with Crippen LogP contribution in [0.2, 0.25) is 5.02 Å². The fourth-order valence-electron chi connectivity index (χ4n) is 2.72. The first-order valence-corrected chi connectivity index (χ1v) is 10.6. The van der Waals surface area contributed by atoms with Crippen LogP contribution in [0.1, 0.15) is 44.6 Å². The normalized spacial score (nSPS) is 10.7. The van der Waals surface area contributed by atoms with E-state index < -0.39 is 0 Å². The van der Waals surface area contributed by atoms with Crippen LogP contribution in [0, 0.1) is 0 Å². The van der Waals surface area contributed by atoms with Crippen molar-refractivity contribution in [1.29, 1.82) is 0 Å². The molecule has 0 atom stereocenters. The molecule has 2 aromatic rings. The summed E-state index contributed by atoms with van der Waals surface area (Å²) >= 11 is 5.89. The van der Waals surface area contributed by atoms with E-state index in [-0.39, 0.29) is 24.7 Å². The van der Waals surface area contributed by atoms with Crippen molar-refractivity contribution in [3.05, 3.63) is 53.1 Å². The molecule has 2 amide bonds. The van der Waals surface area contributed by atoms with Crippen LogP contribution < -0.4 is 20.2 Å². The number of para-hydroxylation sites is 1. The number of amides is 2. The summed E-state index contributed by atoms with van der Waals surface area (Å²) in [5.74, 6) is 0.534. The number of ether oxygens (including phenoxy) is 2. The summed E-state index contributed by atoms with van der Waals surface area (Å²) < 4.78 is 11.2. The number of carbonyl (C=O) groups excluding carboxylic acids is 2. The first-order valence-electron chi connectivity index (χ1n) is 10.2. The first kappa shape index (κ1) is 24.2. The Morgan fingerprint density at radius 1 is 1.10 bits per heavy atom. The van der Waals surface area contributed by atoms with Crippen LogP contribution in [0.5, 0.6) is 11.5 Å². The maximum Gasteiger partial charge on any atom is 0.240 e. The van der Waals surface area contributed by atoms with E-state index in [1.807, 2.05) is 18.2 Å². The van der Waals surface area contributed by atoms with Gasteiger partial charge < -0.3 is 14.8 Å². The molecule has 2 N–H and O–H groups in total. The van der Waals surface area contributed by atoms with Crippen LogP contribution in [-0.2, 0) is 9.59 Å². The van der Waals surface area contributed by atoms with Crippen LogP contribution in [0.4, 0.5) is 5.69 Å². The molecule has 0 heterocycles. The molecule has 166 valence electrons. The van der Waals surface area contributed by atoms with Crippen molar-refractivity contribution in [2.45, 2.75) is 39.0 Å². The lowest BCUT2D eigenvalue weighted by atomic mass is 10.2. The van der Waals surface area contributed by atoms with Gasteiger partial charge in [-0.1, -0.05) is 43.5 Å². The third-order valence-electron chi connectivity index (χ3n) is 4.30. The number of methoxy groups -OCH3 is 1. The zero-order valence-electron chi connectivity index (χ0n) is 17.8. The summed E-state index contributed by atoms with van der Waals surface area (Å²) in [5, 5.41) is 7.21. The van der Waals surface area contributed by atoms with E-state index >= 15 is 0 Å². The predicted molar refractivity (Wildman–Crippen MR) is 123 cm³/mol. The number of rotatable bonds is 12. The topological polar surface area (TPSA) is 89.0 Å². The van der Waals surface area contributed by atoms with Crippen LogP contribution >= 0.6 is 11.6 Å². The molecule has 31 heavy (non-hydrogen) atoms. The molecule has 0 aliphatic carbocycles. The molecule has 0 saturated carbocycles. The first-order chi connectivity index (χ1) is 15.0. The van der Waals surface area contributed by atoms with Crippen molar-refractivity contribution >= 4 is 35.3 Å². The van der Waals surface area contributed by atoms with Gasteiger partial charge in [0.25, 0.3) is 0 Å². The number of nitrogens with zero attached hydrogens (tertiary/aromatic N) is 1. The molecule has 0 aromatic heterocycles. The fourth-order valence-corrected chi connectivity index (χ4v) is 2.91. The lowest BCUT2D eigenvalue weighted by Gasteiger charge is -2.13. The average molecular weight is 446 g/mol. The number of hydrogen-bond acceptors (Lipinski definition) is 5. The molecule has 0 aliphatic rings. The van der Waals surface area contributed by atoms with Crippen molar-refractivity contribution in [3.8, 4) is 11.5 Å². The Balaban J connectivity index is 1.85. The van der Waals surface area contributed by atoms with Gasteiger partial charge in [-0.05, 0) is 36.8 Å². The van der Waals surface area contributed by atoms with Crippen molar-refractivity contribution in [3.63, 3.8) is 0 Å². The van der Waals surface area contributed by atoms with Crippen LogP contribution in [0.25, 0.3) is 0 Å². The predicted octanol–water partition coefficient (Wildman–Crippen LogP) is 4.79. The van der Waals surface area contributed by atoms with E-state index in [1.54, 1.807) is 31.4 Å². The van der Waals surface area contributed by atoms with E-state index in [2.05, 4.69) is 22.8 Å². The fraction of sp³-hybridized carbons (Fsp3) is 0.348. The van der Waals surface area contributed by atoms with Gasteiger partial charge in [0.1, 0.15) is 0 Å². The number of benzene rings is 2. The van der Waals surface area contributed by atoms with E-state index in [0.717, 1.165) is 19.3 Å². The SMILES string of the molecule is CCCCCOc1c(C=NNC(=O)CCC(=O)Nc2cccc(Cl)c2)cccc1OC. The third-order valence-corrected chi connectivity index (χ3v) is 4.54. The van der Waals surface area contributed by atoms with Gasteiger partial charge in [0.15, 0.2) is 11.5 Å². The van der Waals surface area contributed by atoms with Crippen molar-refractivity contribution in [2.75, 3.05) is 19.0 Å². The summed E-state index contributed by atoms with van der Waals surface area (Å²) in [5.41, 5.74) is 3.71. The minimum Gasteiger partial charge on any atom is -0.493 e. The number of halogens is 1. The zero-order chi connectivity index (χ0) is 22.5. The van der Waals surface area contributed by atoms with Gasteiger partial charge in [0.2, 0.25) is 11.8 Å². The smallest absolute Gasteiger partial charge is 0.240 e. The quantitative estimate of drug-likeness (QED) is 0.279. The van der Waals surface area contributed by atoms with Crippen molar-refractivity contribution in [1.82, 2.24) is 5.43 Å². The van der Waals surface area contributed by atoms with Gasteiger partial charge in [0.05, 0.1) is 19.9 Å². The number of anilines is 1. The molecule has 0 fully saturated rings. The third kappa shape index (κ3) is 8.68. The molecular formula is C23H28ClN3O4. The summed E-state index contributed by atoms with van der Waals surface area (Å²) in [7, 11) is 1.57. The Kier molecular flexibility index (Phi) is 10.4. The Labute approximate surface area is 187 Å². The lowest BCUT2D eigenvalue weighted by molar-refractivity contribution is -0.124. The lowest BCUT2D eigenvalue weighted by Crippen LogP contribution is -2.20. The van der Waals surface area contributed by atoms with Gasteiger partial charge >= 0.3 is 0 Å². The second-order valence-electron chi connectivity index (χ2n) is 6.79. The Hall–Kier alpha value is -3.06. The molecule has 0 spiro atoms. The van der Waals surface area contributed by atoms with E-state index in [4.69, 9.17) is 21.1 Å². The molecule has 2 rings (SSSR count). The van der Waals surface area contributed by atoms with Gasteiger partial charge in [-0.2, -0.15) is 5.10 Å². The standard InChI is InChI=1S/C23H28ClN3O4/c1-3-4-5-14-31-23-17(8-6-11-20(23)30-2)16-25-27-22(29)13-12-21(28)26-19-10-7-9-18(24)15-19/h6-11,15-16H,3-5,12-14H2,1-2H3,(H,26,28)(H,27,29). The maximum absolute atomic E-state index is 12.0. The van der Waals surface area contributed by atoms with Crippen molar-refractivity contribution in [2.24, 2.45) is 5.10 Å². The van der Waals surface area contributed by atoms with E-state index in [1.165, 1.54) is 6.21 Å². The van der Waals surface area contributed by atoms with Crippen LogP contribution in [-0.4, -0.2) is 31.7 Å². The molecular weight excluding hydrogens is 418 g/mol. The monoisotopic (exact) mass is 445 g/mol. The molecule has 7 nitrogen and oxygen atoms in total. The van der Waals surface area contributed by atoms with Gasteiger partial charge in [-0.15, -0.1) is 0 Å². The Morgan fingerprint density at radius 2 is 1.87 bits per heavy atom. The molecule has 0 radical (unpaired) electrons. The molecule has 0 unspecified atom stereocenters. The summed E-state index contributed by atoms with van der Waals surface area (Å²) in [6.45, 7) is 2.70. The second-order valence-corrected chi connectivity index (χ2v) is 7.22. The minimum atomic E-state index is -0.370. The van der Waals surface area contributed by atoms with Crippen LogP contribution in [0.15, 0.2) is 47.6 Å². The minimum absolute atomic E-state index is 0.00221. The molecule has 0 saturated heterocycles. The van der Waals surface area contributed by atoms with Gasteiger partial charge in [-0.3, -0.25) is 9.59 Å². The Bertz CT molecular complexity index is 902. The Morgan fingerprint density at radius 3 is 2.61 bits per heavy atom. The highest BCUT2D eigenvalue weighted by atomic mass is 35.5. The second kappa shape index (κ2) is 13.3. The maximum atomic E-state index is 12.0. The summed E-state index contributed by atoms with van der Waals surface area (Å²) in [6.07, 6.45) is 4.66. The van der Waals surface area contributed by atoms with E-state index in [9.17, 15) is 9.59 Å². The summed E-state index contributed by atoms with van der Waals surface area (Å²) in [6, 6.07) is 12.3. The van der Waals surface area contributed by atoms with Crippen molar-refractivity contribution < 1.29 is 19.1 Å². The number of unbranched alkanes of at least 4 members (excludes halogenated alkanes) is 2. The average Bonchev–Trinajstić information content (AvgIpc) is 2.76. The number of carbonyl (C=O) groups is 2. The molecule has 2 aromatic carbocycles. The van der Waals surface area contributed by atoms with E-state index in [0.29, 0.717) is 34.4 Å². The molecule has 0 bridgehead atoms. The molecule has 8 heteroatoms. The largest absolute Gasteiger partial charge is 0.493 e. The highest BCUT2D eigenvalue weighted by Crippen LogP contribution is 2.30. The van der Waals surface area contributed by atoms with Gasteiger partial charge in [0, 0.05) is 29.1 Å². The zero-order valence-corrected chi connectivity index (χ0v) is 18.6. The summed E-state index contributed by atoms with van der Waals surface area (Å²) in [4.78, 5) is 24.0. The number of hydrogen-bond donors (Lipinski definition) is 2.